The van der Waals surface area contributed by atoms with Gasteiger partial charge >= 0.3 is 0 Å². The molecule has 0 bridgehead atoms. The monoisotopic (exact) mass is 680 g/mol. The summed E-state index contributed by atoms with van der Waals surface area (Å²) in [7, 11) is 0. The van der Waals surface area contributed by atoms with Gasteiger partial charge in [-0.1, -0.05) is 121 Å². The van der Waals surface area contributed by atoms with Crippen molar-refractivity contribution < 1.29 is 40.1 Å². The lowest BCUT2D eigenvalue weighted by Crippen LogP contribution is -1.95. The van der Waals surface area contributed by atoms with Crippen LogP contribution < -0.4 is 0 Å². The first-order chi connectivity index (χ1) is 35.6. The number of fused-ring (bicyclic) bond motifs is 10. The van der Waals surface area contributed by atoms with Crippen molar-refractivity contribution in [1.29, 1.82) is 0 Å². The molecule has 0 saturated carbocycles. The summed E-state index contributed by atoms with van der Waals surface area (Å²) in [4.78, 5) is 9.51. The normalized spacial score (nSPS) is 19.3. The maximum Gasteiger partial charge on any atom is 0.161 e. The van der Waals surface area contributed by atoms with Gasteiger partial charge in [-0.05, 0) is 79.7 Å². The molecule has 0 aliphatic carbocycles. The fraction of sp³-hybridized carbons (Fsp3) is 0. The Bertz CT molecular complexity index is 4670. The Labute approximate surface area is 327 Å². The summed E-state index contributed by atoms with van der Waals surface area (Å²) in [6.07, 6.45) is 0. The van der Waals surface area contributed by atoms with Crippen molar-refractivity contribution in [2.24, 2.45) is 0 Å². The number of furan rings is 1. The summed E-state index contributed by atoms with van der Waals surface area (Å²) in [6, 6.07) is -20.3. The van der Waals surface area contributed by atoms with E-state index in [1.807, 2.05) is 0 Å². The molecular weight excluding hydrogens is 629 g/mol. The van der Waals surface area contributed by atoms with Gasteiger partial charge in [0, 0.05) is 32.0 Å². The van der Waals surface area contributed by atoms with E-state index in [1.54, 1.807) is 0 Å². The van der Waals surface area contributed by atoms with Crippen molar-refractivity contribution in [1.82, 2.24) is 9.97 Å². The summed E-state index contributed by atoms with van der Waals surface area (Å²) >= 11 is 0.674. The van der Waals surface area contributed by atoms with Crippen LogP contribution in [0.5, 0.6) is 0 Å². The summed E-state index contributed by atoms with van der Waals surface area (Å²) < 4.78 is 237. The maximum atomic E-state index is 9.77. The average molecular weight is 681 g/mol. The summed E-state index contributed by atoms with van der Waals surface area (Å²) in [5.74, 6) is -0.671. The van der Waals surface area contributed by atoms with Crippen molar-refractivity contribution >= 4 is 85.9 Å². The zero-order valence-electron chi connectivity index (χ0n) is 50.7. The van der Waals surface area contributed by atoms with Crippen LogP contribution in [0.3, 0.4) is 0 Å². The summed E-state index contributed by atoms with van der Waals surface area (Å²) in [5, 5.41) is -4.15. The Morgan fingerprint density at radius 1 is 0.480 bits per heavy atom. The van der Waals surface area contributed by atoms with Crippen LogP contribution in [-0.4, -0.2) is 9.97 Å². The van der Waals surface area contributed by atoms with Crippen LogP contribution in [0.25, 0.3) is 108 Å². The Hall–Kier alpha value is -6.36. The smallest absolute Gasteiger partial charge is 0.161 e. The molecule has 232 valence electrons. The molecule has 11 rings (SSSR count). The minimum atomic E-state index is -0.905. The summed E-state index contributed by atoms with van der Waals surface area (Å²) in [5.41, 5.74) is -4.47. The minimum Gasteiger partial charge on any atom is -0.456 e. The van der Waals surface area contributed by atoms with Crippen LogP contribution >= 0.6 is 11.3 Å². The average Bonchev–Trinajstić information content (AvgIpc) is 4.02. The fourth-order valence-electron chi connectivity index (χ4n) is 5.94. The number of benzene rings is 8. The second kappa shape index (κ2) is 10.6. The van der Waals surface area contributed by atoms with E-state index in [1.165, 1.54) is 0 Å². The lowest BCUT2D eigenvalue weighted by molar-refractivity contribution is 0.669. The fourth-order valence-corrected chi connectivity index (χ4v) is 6.98. The highest BCUT2D eigenvalue weighted by Crippen LogP contribution is 2.44. The zero-order chi connectivity index (χ0) is 55.4. The number of thiophene rings is 1. The molecule has 0 radical (unpaired) electrons. The van der Waals surface area contributed by atoms with E-state index in [9.17, 15) is 8.22 Å². The van der Waals surface area contributed by atoms with Gasteiger partial charge in [0.15, 0.2) is 5.82 Å². The molecule has 11 aromatic rings. The Kier molecular flexibility index (Phi) is 2.64. The van der Waals surface area contributed by atoms with E-state index >= 15 is 0 Å². The zero-order valence-corrected chi connectivity index (χ0v) is 25.5. The second-order valence-corrected chi connectivity index (χ2v) is 11.9. The van der Waals surface area contributed by atoms with Gasteiger partial charge in [0.05, 0.1) is 51.6 Å². The Balaban J connectivity index is 1.35. The standard InChI is InChI=1S/C46H26N2OS/c1-2-11-28-24-29(21-20-27(28)10-1)30-22-23-35-40(26-30)49-39-18-9-17-37(42(35)39)46-47-43-36-16-7-8-19-41(36)50-45(43)44(48-46)38-25-31-12-3-4-13-32(31)33-14-5-6-15-34(33)38/h1-26H/i1D,2D,3D,4D,5D,6D,7D,8D,9D,10D,11D,12D,13D,14D,15D,16D,17D,18D,19D,20D,21D,22D,23D,24D,25D,26D. The summed E-state index contributed by atoms with van der Waals surface area (Å²) in [6.45, 7) is 0. The van der Waals surface area contributed by atoms with Crippen LogP contribution in [0.15, 0.2) is 162 Å². The third-order valence-corrected chi connectivity index (χ3v) is 9.22. The van der Waals surface area contributed by atoms with Gasteiger partial charge in [-0.15, -0.1) is 11.3 Å². The SMILES string of the molecule is [2H]c1c([2H])c(-c2nc(-c3c([2H])c4c([2H])c([2H])c([2H])c([2H])c4c4c([2H])c([2H])c([2H])c([2H])c34)c3sc4c([2H])c([2H])c([2H])c([2H])c4c3n2)c2c(oc3c([2H])c(-c4c([2H])c([2H])c5c([2H])c([2H])c([2H])c([2H])c5c4[2H])c([2H])c([2H])c32)c1[2H]. The molecule has 8 aromatic carbocycles. The van der Waals surface area contributed by atoms with Crippen molar-refractivity contribution in [2.75, 3.05) is 0 Å². The molecular formula is C46H26N2OS. The van der Waals surface area contributed by atoms with Crippen molar-refractivity contribution in [2.45, 2.75) is 0 Å². The molecule has 0 spiro atoms. The lowest BCUT2D eigenvalue weighted by atomic mass is 9.95. The van der Waals surface area contributed by atoms with Crippen LogP contribution in [0.4, 0.5) is 0 Å². The van der Waals surface area contributed by atoms with E-state index < -0.39 is 245 Å². The van der Waals surface area contributed by atoms with Crippen molar-refractivity contribution in [3.63, 3.8) is 0 Å². The van der Waals surface area contributed by atoms with E-state index in [2.05, 4.69) is 0 Å². The number of nitrogens with zero attached hydrogens (tertiary/aromatic N) is 2. The number of hydrogen-bond donors (Lipinski definition) is 0. The van der Waals surface area contributed by atoms with E-state index in [0.717, 1.165) is 0 Å². The molecule has 0 aliphatic heterocycles. The maximum absolute atomic E-state index is 9.77. The quantitative estimate of drug-likeness (QED) is 0.174. The Morgan fingerprint density at radius 2 is 1.20 bits per heavy atom. The third kappa shape index (κ3) is 4.09. The number of hydrogen-bond acceptors (Lipinski definition) is 4. The number of rotatable bonds is 3. The largest absolute Gasteiger partial charge is 0.456 e. The molecule has 0 unspecified atom stereocenters. The molecule has 0 N–H and O–H groups in total. The van der Waals surface area contributed by atoms with E-state index in [-0.39, 0.29) is 20.3 Å². The van der Waals surface area contributed by atoms with Crippen LogP contribution in [0.2, 0.25) is 0 Å². The van der Waals surface area contributed by atoms with E-state index in [4.69, 9.17) is 41.8 Å². The molecule has 0 amide bonds. The molecule has 4 heteroatoms. The van der Waals surface area contributed by atoms with Crippen molar-refractivity contribution in [3.8, 4) is 33.8 Å². The molecule has 0 atom stereocenters. The molecule has 0 saturated heterocycles. The Morgan fingerprint density at radius 3 is 2.10 bits per heavy atom. The molecule has 3 heterocycles. The third-order valence-electron chi connectivity index (χ3n) is 8.12. The van der Waals surface area contributed by atoms with Gasteiger partial charge in [-0.3, -0.25) is 0 Å². The molecule has 0 aliphatic rings. The van der Waals surface area contributed by atoms with Gasteiger partial charge in [-0.25, -0.2) is 9.97 Å². The number of aromatic nitrogens is 2. The van der Waals surface area contributed by atoms with E-state index in [0.29, 0.717) is 11.3 Å². The van der Waals surface area contributed by atoms with Gasteiger partial charge in [0.25, 0.3) is 0 Å². The predicted octanol–water partition coefficient (Wildman–Crippen LogP) is 13.2. The highest BCUT2D eigenvalue weighted by Gasteiger charge is 2.21. The molecule has 50 heavy (non-hydrogen) atoms. The van der Waals surface area contributed by atoms with Gasteiger partial charge in [0.2, 0.25) is 0 Å². The molecule has 3 aromatic heterocycles. The predicted molar refractivity (Wildman–Crippen MR) is 211 cm³/mol. The lowest BCUT2D eigenvalue weighted by Gasteiger charge is -2.13. The molecule has 0 fully saturated rings. The topological polar surface area (TPSA) is 38.9 Å². The van der Waals surface area contributed by atoms with Gasteiger partial charge in [0.1, 0.15) is 11.2 Å². The van der Waals surface area contributed by atoms with Crippen molar-refractivity contribution in [3.05, 3.63) is 157 Å². The van der Waals surface area contributed by atoms with Gasteiger partial charge < -0.3 is 4.42 Å². The first-order valence-electron chi connectivity index (χ1n) is 27.7. The van der Waals surface area contributed by atoms with Crippen LogP contribution in [-0.2, 0) is 0 Å². The highest BCUT2D eigenvalue weighted by atomic mass is 32.1. The van der Waals surface area contributed by atoms with Crippen LogP contribution in [0, 0.1) is 0 Å². The first kappa shape index (κ1) is 12.5. The molecule has 3 nitrogen and oxygen atoms in total. The van der Waals surface area contributed by atoms with Gasteiger partial charge in [-0.2, -0.15) is 0 Å². The second-order valence-electron chi connectivity index (χ2n) is 10.9. The highest BCUT2D eigenvalue weighted by molar-refractivity contribution is 7.26. The first-order valence-corrected chi connectivity index (χ1v) is 15.5. The minimum absolute atomic E-state index is 0.136. The van der Waals surface area contributed by atoms with Crippen LogP contribution in [0.1, 0.15) is 35.6 Å².